The molecule has 3 unspecified atom stereocenters. The number of benzene rings is 1. The van der Waals surface area contributed by atoms with Gasteiger partial charge in [-0.15, -0.1) is 0 Å². The van der Waals surface area contributed by atoms with Gasteiger partial charge in [0.2, 0.25) is 0 Å². The number of hydrogen-bond donors (Lipinski definition) is 0. The van der Waals surface area contributed by atoms with E-state index in [1.54, 1.807) is 0 Å². The van der Waals surface area contributed by atoms with Crippen molar-refractivity contribution in [2.75, 3.05) is 13.2 Å². The van der Waals surface area contributed by atoms with Crippen molar-refractivity contribution in [2.24, 2.45) is 22.7 Å². The number of fused-ring (bicyclic) bond motifs is 5. The first-order valence-electron chi connectivity index (χ1n) is 12.3. The molecular formula is C27H33ClO5. The zero-order valence-corrected chi connectivity index (χ0v) is 20.4. The number of rotatable bonds is 2. The molecular weight excluding hydrogens is 440 g/mol. The van der Waals surface area contributed by atoms with Crippen LogP contribution in [0.4, 0.5) is 0 Å². The highest BCUT2D eigenvalue weighted by molar-refractivity contribution is 6.31. The van der Waals surface area contributed by atoms with Crippen LogP contribution in [0.15, 0.2) is 35.9 Å². The van der Waals surface area contributed by atoms with Crippen molar-refractivity contribution in [1.82, 2.24) is 0 Å². The van der Waals surface area contributed by atoms with Crippen LogP contribution < -0.4 is 0 Å². The van der Waals surface area contributed by atoms with Gasteiger partial charge in [0.1, 0.15) is 6.61 Å². The Labute approximate surface area is 200 Å². The lowest BCUT2D eigenvalue weighted by Crippen LogP contribution is -2.63. The monoisotopic (exact) mass is 472 g/mol. The molecule has 3 aliphatic heterocycles. The maximum absolute atomic E-state index is 12.2. The second kappa shape index (κ2) is 7.55. The minimum atomic E-state index is -0.408. The molecule has 5 aliphatic rings. The smallest absolute Gasteiger partial charge is 0.336 e. The Morgan fingerprint density at radius 3 is 2.61 bits per heavy atom. The van der Waals surface area contributed by atoms with E-state index in [0.29, 0.717) is 30.1 Å². The van der Waals surface area contributed by atoms with Crippen molar-refractivity contribution in [3.05, 3.63) is 46.5 Å². The first kappa shape index (κ1) is 22.1. The zero-order valence-electron chi connectivity index (χ0n) is 19.6. The SMILES string of the molecule is CC12CC[C@@H]3[C@]4(C)COC(c5ccccc5Cl)O[C@@H]4CC[C@@]3(C)[C@@H]1CC(C1=CCOC1=O)O2. The predicted molar refractivity (Wildman–Crippen MR) is 124 cm³/mol. The van der Waals surface area contributed by atoms with E-state index >= 15 is 0 Å². The van der Waals surface area contributed by atoms with Gasteiger partial charge in [0.25, 0.3) is 0 Å². The summed E-state index contributed by atoms with van der Waals surface area (Å²) in [5, 5.41) is 0.689. The maximum atomic E-state index is 12.2. The van der Waals surface area contributed by atoms with Crippen LogP contribution in [-0.4, -0.2) is 37.0 Å². The summed E-state index contributed by atoms with van der Waals surface area (Å²) in [6, 6.07) is 7.80. The summed E-state index contributed by atoms with van der Waals surface area (Å²) >= 11 is 6.44. The Balaban J connectivity index is 1.26. The molecule has 3 heterocycles. The number of carbonyl (C=O) groups excluding carboxylic acids is 1. The number of halogens is 1. The molecule has 1 aromatic carbocycles. The molecule has 5 nitrogen and oxygen atoms in total. The molecule has 2 aliphatic carbocycles. The van der Waals surface area contributed by atoms with E-state index in [0.717, 1.165) is 43.2 Å². The van der Waals surface area contributed by atoms with Crippen LogP contribution in [0, 0.1) is 22.7 Å². The number of hydrogen-bond acceptors (Lipinski definition) is 5. The third-order valence-electron chi connectivity index (χ3n) is 9.69. The number of ether oxygens (including phenoxy) is 4. The van der Waals surface area contributed by atoms with Crippen molar-refractivity contribution < 1.29 is 23.7 Å². The maximum Gasteiger partial charge on any atom is 0.336 e. The van der Waals surface area contributed by atoms with Gasteiger partial charge in [-0.1, -0.05) is 43.6 Å². The Hall–Kier alpha value is -1.40. The highest BCUT2D eigenvalue weighted by Gasteiger charge is 2.66. The standard InChI is InChI=1S/C27H33ClO5/c1-25-11-9-22-26(2,15-31-24(32-22)16-6-4-5-7-18(16)28)20(25)8-12-27(3)21(25)14-19(33-27)17-10-13-30-23(17)29/h4-7,10,19-22,24H,8-9,11-15H2,1-3H3/t19?,20-,21-,22+,24?,25+,26-,27?/m0/s1. The summed E-state index contributed by atoms with van der Waals surface area (Å²) < 4.78 is 24.8. The molecule has 0 amide bonds. The van der Waals surface area contributed by atoms with Gasteiger partial charge in [-0.2, -0.15) is 0 Å². The topological polar surface area (TPSA) is 54.0 Å². The molecule has 33 heavy (non-hydrogen) atoms. The highest BCUT2D eigenvalue weighted by atomic mass is 35.5. The molecule has 0 aromatic heterocycles. The van der Waals surface area contributed by atoms with Crippen LogP contribution in [0.2, 0.25) is 5.02 Å². The molecule has 8 atom stereocenters. The van der Waals surface area contributed by atoms with Gasteiger partial charge in [0.15, 0.2) is 6.29 Å². The van der Waals surface area contributed by atoms with E-state index in [9.17, 15) is 4.79 Å². The van der Waals surface area contributed by atoms with Crippen LogP contribution in [-0.2, 0) is 23.7 Å². The Morgan fingerprint density at radius 2 is 1.85 bits per heavy atom. The Morgan fingerprint density at radius 1 is 1.03 bits per heavy atom. The van der Waals surface area contributed by atoms with Gasteiger partial charge >= 0.3 is 5.97 Å². The van der Waals surface area contributed by atoms with Crippen molar-refractivity contribution >= 4 is 17.6 Å². The predicted octanol–water partition coefficient (Wildman–Crippen LogP) is 5.62. The van der Waals surface area contributed by atoms with Crippen LogP contribution >= 0.6 is 11.6 Å². The molecule has 178 valence electrons. The van der Waals surface area contributed by atoms with E-state index in [4.69, 9.17) is 30.5 Å². The summed E-state index contributed by atoms with van der Waals surface area (Å²) in [7, 11) is 0. The molecule has 6 rings (SSSR count). The molecule has 0 radical (unpaired) electrons. The van der Waals surface area contributed by atoms with Crippen LogP contribution in [0.3, 0.4) is 0 Å². The van der Waals surface area contributed by atoms with Crippen molar-refractivity contribution in [3.63, 3.8) is 0 Å². The summed E-state index contributed by atoms with van der Waals surface area (Å²) in [6.07, 6.45) is 6.53. The van der Waals surface area contributed by atoms with E-state index in [1.807, 2.05) is 30.3 Å². The van der Waals surface area contributed by atoms with Gasteiger partial charge < -0.3 is 18.9 Å². The van der Waals surface area contributed by atoms with Gasteiger partial charge in [0.05, 0.1) is 30.0 Å². The summed E-state index contributed by atoms with van der Waals surface area (Å²) in [4.78, 5) is 12.2. The van der Waals surface area contributed by atoms with Gasteiger partial charge in [-0.3, -0.25) is 0 Å². The normalized spacial score (nSPS) is 46.7. The summed E-state index contributed by atoms with van der Waals surface area (Å²) in [5.41, 5.74) is 1.47. The van der Waals surface area contributed by atoms with Crippen LogP contribution in [0.25, 0.3) is 0 Å². The second-order valence-electron chi connectivity index (χ2n) is 11.4. The van der Waals surface area contributed by atoms with Crippen molar-refractivity contribution in [2.45, 2.75) is 77.0 Å². The first-order chi connectivity index (χ1) is 15.7. The molecule has 4 fully saturated rings. The lowest BCUT2D eigenvalue weighted by molar-refractivity contribution is -0.314. The van der Waals surface area contributed by atoms with E-state index in [2.05, 4.69) is 20.8 Å². The molecule has 0 N–H and O–H groups in total. The van der Waals surface area contributed by atoms with E-state index < -0.39 is 6.29 Å². The number of carbonyl (C=O) groups is 1. The van der Waals surface area contributed by atoms with Crippen LogP contribution in [0.1, 0.15) is 64.7 Å². The van der Waals surface area contributed by atoms with Crippen molar-refractivity contribution in [3.8, 4) is 0 Å². The van der Waals surface area contributed by atoms with Crippen LogP contribution in [0.5, 0.6) is 0 Å². The Kier molecular flexibility index (Phi) is 5.05. The van der Waals surface area contributed by atoms with Gasteiger partial charge in [-0.25, -0.2) is 4.79 Å². The fourth-order valence-corrected chi connectivity index (χ4v) is 8.29. The number of cyclic esters (lactones) is 1. The minimum Gasteiger partial charge on any atom is -0.458 e. The molecule has 6 heteroatoms. The molecule has 2 saturated carbocycles. The first-order valence-corrected chi connectivity index (χ1v) is 12.7. The summed E-state index contributed by atoms with van der Waals surface area (Å²) in [5.74, 6) is 0.655. The average Bonchev–Trinajstić information content (AvgIpc) is 3.37. The van der Waals surface area contributed by atoms with Gasteiger partial charge in [0, 0.05) is 16.0 Å². The quantitative estimate of drug-likeness (QED) is 0.523. The largest absolute Gasteiger partial charge is 0.458 e. The van der Waals surface area contributed by atoms with Gasteiger partial charge in [-0.05, 0) is 68.4 Å². The lowest BCUT2D eigenvalue weighted by Gasteiger charge is -2.64. The molecule has 0 spiro atoms. The molecule has 0 bridgehead atoms. The molecule has 2 saturated heterocycles. The fraction of sp³-hybridized carbons (Fsp3) is 0.667. The number of esters is 1. The second-order valence-corrected chi connectivity index (χ2v) is 11.8. The van der Waals surface area contributed by atoms with E-state index in [-0.39, 0.29) is 34.6 Å². The average molecular weight is 473 g/mol. The third kappa shape index (κ3) is 3.19. The lowest BCUT2D eigenvalue weighted by atomic mass is 9.44. The Bertz CT molecular complexity index is 1010. The fourth-order valence-electron chi connectivity index (χ4n) is 8.07. The molecule has 1 aromatic rings. The zero-order chi connectivity index (χ0) is 23.0. The van der Waals surface area contributed by atoms with Crippen molar-refractivity contribution in [1.29, 1.82) is 0 Å². The minimum absolute atomic E-state index is 0.0598. The van der Waals surface area contributed by atoms with E-state index in [1.165, 1.54) is 0 Å². The highest BCUT2D eigenvalue weighted by Crippen LogP contribution is 2.67. The summed E-state index contributed by atoms with van der Waals surface area (Å²) in [6.45, 7) is 8.11. The third-order valence-corrected chi connectivity index (χ3v) is 10.0.